The number of ether oxygens (including phenoxy) is 1. The molecule has 0 saturated carbocycles. The van der Waals surface area contributed by atoms with Crippen molar-refractivity contribution in [2.45, 2.75) is 13.2 Å². The van der Waals surface area contributed by atoms with Gasteiger partial charge in [-0.05, 0) is 23.3 Å². The number of rotatable bonds is 5. The van der Waals surface area contributed by atoms with E-state index in [-0.39, 0.29) is 0 Å². The first kappa shape index (κ1) is 12.1. The Labute approximate surface area is 106 Å². The SMILES string of the molecule is O=C=NCc1ccc(OCc2ccccc2)cc1. The molecule has 0 N–H and O–H groups in total. The second kappa shape index (κ2) is 6.38. The number of aliphatic imine (C=N–C) groups is 1. The van der Waals surface area contributed by atoms with E-state index in [1.807, 2.05) is 54.6 Å². The third-order valence-electron chi connectivity index (χ3n) is 2.50. The summed E-state index contributed by atoms with van der Waals surface area (Å²) in [4.78, 5) is 13.5. The van der Waals surface area contributed by atoms with Crippen molar-refractivity contribution in [1.82, 2.24) is 0 Å². The minimum atomic E-state index is 0.364. The fourth-order valence-electron chi connectivity index (χ4n) is 1.56. The van der Waals surface area contributed by atoms with Crippen LogP contribution >= 0.6 is 0 Å². The zero-order valence-electron chi connectivity index (χ0n) is 9.87. The Morgan fingerprint density at radius 2 is 1.67 bits per heavy atom. The van der Waals surface area contributed by atoms with Crippen LogP contribution in [0.3, 0.4) is 0 Å². The Morgan fingerprint density at radius 1 is 0.944 bits per heavy atom. The molecule has 3 nitrogen and oxygen atoms in total. The van der Waals surface area contributed by atoms with E-state index in [0.717, 1.165) is 16.9 Å². The second-order valence-electron chi connectivity index (χ2n) is 3.83. The Morgan fingerprint density at radius 3 is 2.33 bits per heavy atom. The van der Waals surface area contributed by atoms with Crippen LogP contribution in [0.25, 0.3) is 0 Å². The summed E-state index contributed by atoms with van der Waals surface area (Å²) in [5.41, 5.74) is 2.09. The van der Waals surface area contributed by atoms with Crippen LogP contribution in [0.5, 0.6) is 5.75 Å². The number of nitrogens with zero attached hydrogens (tertiary/aromatic N) is 1. The van der Waals surface area contributed by atoms with Gasteiger partial charge in [0.05, 0.1) is 6.54 Å². The van der Waals surface area contributed by atoms with Gasteiger partial charge in [-0.15, -0.1) is 0 Å². The lowest BCUT2D eigenvalue weighted by atomic mass is 10.2. The van der Waals surface area contributed by atoms with Gasteiger partial charge in [-0.25, -0.2) is 9.79 Å². The topological polar surface area (TPSA) is 38.7 Å². The van der Waals surface area contributed by atoms with Crippen molar-refractivity contribution in [2.24, 2.45) is 4.99 Å². The largest absolute Gasteiger partial charge is 0.489 e. The molecule has 0 amide bonds. The summed E-state index contributed by atoms with van der Waals surface area (Å²) in [5.74, 6) is 0.803. The molecule has 0 saturated heterocycles. The van der Waals surface area contributed by atoms with Gasteiger partial charge in [-0.2, -0.15) is 0 Å². The molecule has 2 aromatic carbocycles. The maximum Gasteiger partial charge on any atom is 0.235 e. The number of hydrogen-bond donors (Lipinski definition) is 0. The van der Waals surface area contributed by atoms with E-state index in [4.69, 9.17) is 4.74 Å². The molecule has 0 radical (unpaired) electrons. The van der Waals surface area contributed by atoms with Crippen molar-refractivity contribution < 1.29 is 9.53 Å². The van der Waals surface area contributed by atoms with Crippen LogP contribution in [0.15, 0.2) is 59.6 Å². The molecule has 2 aromatic rings. The molecule has 0 aliphatic carbocycles. The first-order valence-corrected chi connectivity index (χ1v) is 5.68. The summed E-state index contributed by atoms with van der Waals surface area (Å²) < 4.78 is 5.64. The smallest absolute Gasteiger partial charge is 0.235 e. The molecule has 0 bridgehead atoms. The Bertz CT molecular complexity index is 528. The van der Waals surface area contributed by atoms with Crippen LogP contribution in [0, 0.1) is 0 Å². The predicted molar refractivity (Wildman–Crippen MR) is 69.0 cm³/mol. The maximum atomic E-state index is 9.99. The molecule has 0 aliphatic rings. The van der Waals surface area contributed by atoms with Gasteiger partial charge in [0, 0.05) is 0 Å². The standard InChI is InChI=1S/C15H13NO2/c17-12-16-10-13-6-8-15(9-7-13)18-11-14-4-2-1-3-5-14/h1-9H,10-11H2. The van der Waals surface area contributed by atoms with Crippen molar-refractivity contribution in [3.05, 3.63) is 65.7 Å². The number of carbonyl (C=O) groups excluding carboxylic acids is 1. The predicted octanol–water partition coefficient (Wildman–Crippen LogP) is 3.10. The van der Waals surface area contributed by atoms with Gasteiger partial charge in [0.25, 0.3) is 0 Å². The third-order valence-corrected chi connectivity index (χ3v) is 2.50. The third kappa shape index (κ3) is 3.58. The van der Waals surface area contributed by atoms with Gasteiger partial charge in [-0.1, -0.05) is 42.5 Å². The van der Waals surface area contributed by atoms with Gasteiger partial charge < -0.3 is 4.74 Å². The van der Waals surface area contributed by atoms with Gasteiger partial charge in [0.1, 0.15) is 12.4 Å². The van der Waals surface area contributed by atoms with Crippen molar-refractivity contribution >= 4 is 6.08 Å². The van der Waals surface area contributed by atoms with Crippen LogP contribution < -0.4 is 4.74 Å². The van der Waals surface area contributed by atoms with Gasteiger partial charge in [0.2, 0.25) is 6.08 Å². The lowest BCUT2D eigenvalue weighted by molar-refractivity contribution is 0.306. The van der Waals surface area contributed by atoms with E-state index in [2.05, 4.69) is 4.99 Å². The zero-order chi connectivity index (χ0) is 12.6. The molecule has 2 rings (SSSR count). The first-order chi connectivity index (χ1) is 8.88. The number of isocyanates is 1. The lowest BCUT2D eigenvalue weighted by Gasteiger charge is -2.06. The Balaban J connectivity index is 1.92. The molecule has 0 unspecified atom stereocenters. The van der Waals surface area contributed by atoms with E-state index in [1.165, 1.54) is 6.08 Å². The molecule has 18 heavy (non-hydrogen) atoms. The first-order valence-electron chi connectivity index (χ1n) is 5.68. The fourth-order valence-corrected chi connectivity index (χ4v) is 1.56. The summed E-state index contributed by atoms with van der Waals surface area (Å²) in [6.45, 7) is 0.912. The van der Waals surface area contributed by atoms with E-state index >= 15 is 0 Å². The highest BCUT2D eigenvalue weighted by Crippen LogP contribution is 2.14. The average molecular weight is 239 g/mol. The average Bonchev–Trinajstić information content (AvgIpc) is 2.45. The van der Waals surface area contributed by atoms with Crippen LogP contribution in [-0.2, 0) is 17.9 Å². The second-order valence-corrected chi connectivity index (χ2v) is 3.83. The van der Waals surface area contributed by atoms with E-state index in [1.54, 1.807) is 0 Å². The fraction of sp³-hybridized carbons (Fsp3) is 0.133. The molecule has 3 heteroatoms. The summed E-state index contributed by atoms with van der Waals surface area (Å²) >= 11 is 0. The Kier molecular flexibility index (Phi) is 4.28. The molecule has 90 valence electrons. The van der Waals surface area contributed by atoms with Crippen molar-refractivity contribution in [3.8, 4) is 5.75 Å². The maximum absolute atomic E-state index is 9.99. The molecule has 0 atom stereocenters. The highest BCUT2D eigenvalue weighted by atomic mass is 16.5. The summed E-state index contributed by atoms with van der Waals surface area (Å²) in [5, 5.41) is 0. The number of benzene rings is 2. The zero-order valence-corrected chi connectivity index (χ0v) is 9.87. The molecule has 0 heterocycles. The van der Waals surface area contributed by atoms with Crippen molar-refractivity contribution in [1.29, 1.82) is 0 Å². The van der Waals surface area contributed by atoms with Crippen LogP contribution in [0.4, 0.5) is 0 Å². The minimum absolute atomic E-state index is 0.364. The van der Waals surface area contributed by atoms with Crippen LogP contribution in [-0.4, -0.2) is 6.08 Å². The minimum Gasteiger partial charge on any atom is -0.489 e. The molecular weight excluding hydrogens is 226 g/mol. The molecule has 0 aromatic heterocycles. The number of hydrogen-bond acceptors (Lipinski definition) is 3. The van der Waals surface area contributed by atoms with Crippen molar-refractivity contribution in [3.63, 3.8) is 0 Å². The monoisotopic (exact) mass is 239 g/mol. The van der Waals surface area contributed by atoms with Crippen LogP contribution in [0.2, 0.25) is 0 Å². The van der Waals surface area contributed by atoms with Gasteiger partial charge in [0.15, 0.2) is 0 Å². The van der Waals surface area contributed by atoms with Crippen molar-refractivity contribution in [2.75, 3.05) is 0 Å². The molecular formula is C15H13NO2. The van der Waals surface area contributed by atoms with E-state index in [0.29, 0.717) is 13.2 Å². The summed E-state index contributed by atoms with van der Waals surface area (Å²) in [6.07, 6.45) is 1.52. The Hall–Kier alpha value is -2.38. The summed E-state index contributed by atoms with van der Waals surface area (Å²) in [6, 6.07) is 17.5. The van der Waals surface area contributed by atoms with Gasteiger partial charge in [-0.3, -0.25) is 0 Å². The van der Waals surface area contributed by atoms with E-state index in [9.17, 15) is 4.79 Å². The normalized spacial score (nSPS) is 9.56. The van der Waals surface area contributed by atoms with E-state index < -0.39 is 0 Å². The molecule has 0 spiro atoms. The van der Waals surface area contributed by atoms with Crippen LogP contribution in [0.1, 0.15) is 11.1 Å². The molecule has 0 fully saturated rings. The quantitative estimate of drug-likeness (QED) is 0.594. The molecule has 0 aliphatic heterocycles. The lowest BCUT2D eigenvalue weighted by Crippen LogP contribution is -1.94. The highest BCUT2D eigenvalue weighted by Gasteiger charge is 1.96. The van der Waals surface area contributed by atoms with Gasteiger partial charge >= 0.3 is 0 Å². The highest BCUT2D eigenvalue weighted by molar-refractivity contribution is 5.34. The summed E-state index contributed by atoms with van der Waals surface area (Å²) in [7, 11) is 0.